The summed E-state index contributed by atoms with van der Waals surface area (Å²) in [5.74, 6) is 0.236. The molecule has 1 amide bonds. The Morgan fingerprint density at radius 2 is 2.27 bits per heavy atom. The quantitative estimate of drug-likeness (QED) is 0.854. The number of anilines is 1. The first-order chi connectivity index (χ1) is 10.0. The third-order valence-corrected chi connectivity index (χ3v) is 4.04. The minimum atomic E-state index is -0.243. The smallest absolute Gasteiger partial charge is 0.230 e. The Morgan fingerprint density at radius 3 is 2.86 bits per heavy atom. The number of nitrogens with zero attached hydrogens (tertiary/aromatic N) is 1. The maximum absolute atomic E-state index is 11.8. The number of carbonyl (C=O) groups is 1. The van der Waals surface area contributed by atoms with Gasteiger partial charge in [-0.15, -0.1) is 23.7 Å². The number of aromatic nitrogens is 1. The van der Waals surface area contributed by atoms with E-state index in [1.54, 1.807) is 26.2 Å². The van der Waals surface area contributed by atoms with Crippen LogP contribution in [0.1, 0.15) is 6.92 Å². The number of hydrogen-bond donors (Lipinski definition) is 2. The summed E-state index contributed by atoms with van der Waals surface area (Å²) in [6.07, 6.45) is 0. The van der Waals surface area contributed by atoms with Gasteiger partial charge in [-0.25, -0.2) is 4.98 Å². The summed E-state index contributed by atoms with van der Waals surface area (Å²) >= 11 is 7.46. The van der Waals surface area contributed by atoms with Crippen molar-refractivity contribution < 1.29 is 9.53 Å². The lowest BCUT2D eigenvalue weighted by molar-refractivity contribution is -0.119. The summed E-state index contributed by atoms with van der Waals surface area (Å²) in [6.45, 7) is 2.07. The van der Waals surface area contributed by atoms with Crippen molar-refractivity contribution >= 4 is 46.4 Å². The van der Waals surface area contributed by atoms with E-state index in [4.69, 9.17) is 22.1 Å². The van der Waals surface area contributed by atoms with E-state index in [1.807, 2.05) is 11.4 Å². The van der Waals surface area contributed by atoms with Crippen LogP contribution in [-0.4, -0.2) is 24.5 Å². The molecule has 1 unspecified atom stereocenters. The Hall–Kier alpha value is -1.34. The number of benzene rings is 1. The number of carbonyl (C=O) groups excluding carboxylic acids is 1. The Balaban J connectivity index is 0.00000242. The topological polar surface area (TPSA) is 77.2 Å². The highest BCUT2D eigenvalue weighted by molar-refractivity contribution is 7.14. The van der Waals surface area contributed by atoms with Gasteiger partial charge >= 0.3 is 0 Å². The molecule has 0 saturated carbocycles. The van der Waals surface area contributed by atoms with Crippen LogP contribution in [0.5, 0.6) is 5.75 Å². The van der Waals surface area contributed by atoms with E-state index in [0.29, 0.717) is 22.4 Å². The highest BCUT2D eigenvalue weighted by atomic mass is 35.5. The monoisotopic (exact) mass is 361 g/mol. The van der Waals surface area contributed by atoms with E-state index in [2.05, 4.69) is 10.3 Å². The molecule has 0 bridgehead atoms. The van der Waals surface area contributed by atoms with Gasteiger partial charge in [0.25, 0.3) is 0 Å². The van der Waals surface area contributed by atoms with Crippen molar-refractivity contribution in [1.29, 1.82) is 0 Å². The molecule has 1 heterocycles. The van der Waals surface area contributed by atoms with Gasteiger partial charge in [0.1, 0.15) is 5.75 Å². The first-order valence-corrected chi connectivity index (χ1v) is 7.61. The minimum Gasteiger partial charge on any atom is -0.495 e. The normalized spacial score (nSPS) is 11.5. The van der Waals surface area contributed by atoms with Crippen LogP contribution in [0.25, 0.3) is 11.3 Å². The number of hydrogen-bond acceptors (Lipinski definition) is 5. The summed E-state index contributed by atoms with van der Waals surface area (Å²) in [7, 11) is 1.57. The van der Waals surface area contributed by atoms with Crippen LogP contribution in [0.4, 0.5) is 5.13 Å². The Morgan fingerprint density at radius 1 is 1.55 bits per heavy atom. The van der Waals surface area contributed by atoms with Gasteiger partial charge in [0.15, 0.2) is 5.13 Å². The summed E-state index contributed by atoms with van der Waals surface area (Å²) < 4.78 is 5.11. The van der Waals surface area contributed by atoms with Crippen molar-refractivity contribution in [1.82, 2.24) is 4.98 Å². The van der Waals surface area contributed by atoms with Gasteiger partial charge in [-0.3, -0.25) is 4.79 Å². The van der Waals surface area contributed by atoms with Gasteiger partial charge < -0.3 is 15.8 Å². The predicted molar refractivity (Wildman–Crippen MR) is 93.2 cm³/mol. The molecule has 0 aliphatic rings. The second-order valence-electron chi connectivity index (χ2n) is 4.51. The second-order valence-corrected chi connectivity index (χ2v) is 5.78. The van der Waals surface area contributed by atoms with Crippen LogP contribution in [0, 0.1) is 5.92 Å². The van der Waals surface area contributed by atoms with Crippen molar-refractivity contribution in [3.63, 3.8) is 0 Å². The number of nitrogens with two attached hydrogens (primary N) is 1. The van der Waals surface area contributed by atoms with Crippen molar-refractivity contribution in [2.75, 3.05) is 19.0 Å². The van der Waals surface area contributed by atoms with Gasteiger partial charge in [-0.2, -0.15) is 0 Å². The first kappa shape index (κ1) is 18.7. The maximum Gasteiger partial charge on any atom is 0.230 e. The molecule has 22 heavy (non-hydrogen) atoms. The molecule has 120 valence electrons. The van der Waals surface area contributed by atoms with Crippen LogP contribution < -0.4 is 15.8 Å². The van der Waals surface area contributed by atoms with Crippen LogP contribution in [0.2, 0.25) is 5.02 Å². The molecule has 0 fully saturated rings. The lowest BCUT2D eigenvalue weighted by Gasteiger charge is -2.07. The number of ether oxygens (including phenoxy) is 1. The lowest BCUT2D eigenvalue weighted by atomic mass is 10.1. The molecule has 0 saturated heterocycles. The van der Waals surface area contributed by atoms with Crippen molar-refractivity contribution in [2.45, 2.75) is 6.92 Å². The highest BCUT2D eigenvalue weighted by Gasteiger charge is 2.13. The predicted octanol–water partition coefficient (Wildman–Crippen LogP) is 3.43. The number of nitrogens with one attached hydrogen (secondary N) is 1. The molecule has 8 heteroatoms. The fourth-order valence-electron chi connectivity index (χ4n) is 1.63. The zero-order valence-electron chi connectivity index (χ0n) is 12.1. The van der Waals surface area contributed by atoms with E-state index in [0.717, 1.165) is 11.3 Å². The average molecular weight is 362 g/mol. The summed E-state index contributed by atoms with van der Waals surface area (Å²) in [5.41, 5.74) is 7.08. The SMILES string of the molecule is COc1ccc(-c2csc(NC(=O)C(C)CN)n2)cc1Cl.Cl. The maximum atomic E-state index is 11.8. The minimum absolute atomic E-state index is 0. The van der Waals surface area contributed by atoms with Gasteiger partial charge in [0.2, 0.25) is 5.91 Å². The van der Waals surface area contributed by atoms with Gasteiger partial charge in [0, 0.05) is 23.4 Å². The van der Waals surface area contributed by atoms with Crippen molar-refractivity contribution in [3.05, 3.63) is 28.6 Å². The van der Waals surface area contributed by atoms with Crippen LogP contribution in [0.15, 0.2) is 23.6 Å². The fraction of sp³-hybridized carbons (Fsp3) is 0.286. The number of thiazole rings is 1. The molecule has 2 rings (SSSR count). The van der Waals surface area contributed by atoms with Crippen LogP contribution >= 0.6 is 35.3 Å². The molecule has 0 spiro atoms. The van der Waals surface area contributed by atoms with E-state index in [1.165, 1.54) is 11.3 Å². The Bertz CT molecular complexity index is 649. The fourth-order valence-corrected chi connectivity index (χ4v) is 2.61. The number of rotatable bonds is 5. The summed E-state index contributed by atoms with van der Waals surface area (Å²) in [5, 5.41) is 5.68. The summed E-state index contributed by atoms with van der Waals surface area (Å²) in [4.78, 5) is 16.1. The first-order valence-electron chi connectivity index (χ1n) is 6.35. The second kappa shape index (κ2) is 8.33. The molecule has 0 radical (unpaired) electrons. The molecule has 0 aliphatic carbocycles. The molecule has 3 N–H and O–H groups in total. The van der Waals surface area contributed by atoms with Crippen LogP contribution in [0.3, 0.4) is 0 Å². The number of halogens is 2. The average Bonchev–Trinajstić information content (AvgIpc) is 2.94. The molecular formula is C14H17Cl2N3O2S. The van der Waals surface area contributed by atoms with Gasteiger partial charge in [-0.1, -0.05) is 18.5 Å². The zero-order valence-corrected chi connectivity index (χ0v) is 14.5. The number of amides is 1. The van der Waals surface area contributed by atoms with E-state index in [9.17, 15) is 4.79 Å². The van der Waals surface area contributed by atoms with Crippen molar-refractivity contribution in [3.8, 4) is 17.0 Å². The largest absolute Gasteiger partial charge is 0.495 e. The van der Waals surface area contributed by atoms with Gasteiger partial charge in [-0.05, 0) is 18.2 Å². The zero-order chi connectivity index (χ0) is 15.4. The standard InChI is InChI=1S/C14H16ClN3O2S.ClH/c1-8(6-16)13(19)18-14-17-11(7-21-14)9-3-4-12(20-2)10(15)5-9;/h3-5,7-8H,6,16H2,1-2H3,(H,17,18,19);1H. The third-order valence-electron chi connectivity index (χ3n) is 2.98. The van der Waals surface area contributed by atoms with Gasteiger partial charge in [0.05, 0.1) is 17.8 Å². The molecular weight excluding hydrogens is 345 g/mol. The Kier molecular flexibility index (Phi) is 7.09. The third kappa shape index (κ3) is 4.33. The molecule has 1 aromatic carbocycles. The van der Waals surface area contributed by atoms with E-state index < -0.39 is 0 Å². The molecule has 5 nitrogen and oxygen atoms in total. The lowest BCUT2D eigenvalue weighted by Crippen LogP contribution is -2.26. The van der Waals surface area contributed by atoms with Crippen LogP contribution in [-0.2, 0) is 4.79 Å². The molecule has 1 atom stereocenters. The molecule has 0 aliphatic heterocycles. The highest BCUT2D eigenvalue weighted by Crippen LogP contribution is 2.31. The number of methoxy groups -OCH3 is 1. The van der Waals surface area contributed by atoms with E-state index in [-0.39, 0.29) is 24.2 Å². The summed E-state index contributed by atoms with van der Waals surface area (Å²) in [6, 6.07) is 5.43. The molecule has 2 aromatic rings. The van der Waals surface area contributed by atoms with E-state index >= 15 is 0 Å². The van der Waals surface area contributed by atoms with Crippen molar-refractivity contribution in [2.24, 2.45) is 11.7 Å². The molecule has 1 aromatic heterocycles. The Labute approximate surface area is 144 Å².